The lowest BCUT2D eigenvalue weighted by molar-refractivity contribution is -0.00235. The highest BCUT2D eigenvalue weighted by atomic mass is 16.5. The molecule has 0 aliphatic carbocycles. The second kappa shape index (κ2) is 8.20. The summed E-state index contributed by atoms with van der Waals surface area (Å²) in [5.74, 6) is 1.27. The van der Waals surface area contributed by atoms with Crippen molar-refractivity contribution in [3.63, 3.8) is 0 Å². The van der Waals surface area contributed by atoms with Gasteiger partial charge in [0.25, 0.3) is 0 Å². The Morgan fingerprint density at radius 3 is 1.58 bits per heavy atom. The zero-order chi connectivity index (χ0) is 18.4. The number of methoxy groups -OCH3 is 1. The Kier molecular flexibility index (Phi) is 5.75. The van der Waals surface area contributed by atoms with Crippen LogP contribution in [-0.2, 0) is 10.3 Å². The Bertz CT molecular complexity index is 753. The first-order chi connectivity index (χ1) is 12.7. The SMILES string of the molecule is COc1ccc(C(OCC(C)C)(c2ccccc2)c2ccccc2)cc1. The molecule has 3 rings (SSSR count). The summed E-state index contributed by atoms with van der Waals surface area (Å²) < 4.78 is 12.0. The Morgan fingerprint density at radius 1 is 0.692 bits per heavy atom. The molecule has 0 bridgehead atoms. The molecule has 0 heterocycles. The summed E-state index contributed by atoms with van der Waals surface area (Å²) in [5, 5.41) is 0. The van der Waals surface area contributed by atoms with Crippen molar-refractivity contribution in [1.29, 1.82) is 0 Å². The van der Waals surface area contributed by atoms with Crippen molar-refractivity contribution in [2.45, 2.75) is 19.4 Å². The molecule has 0 fully saturated rings. The van der Waals surface area contributed by atoms with Gasteiger partial charge in [-0.1, -0.05) is 86.6 Å². The van der Waals surface area contributed by atoms with Gasteiger partial charge in [0.2, 0.25) is 0 Å². The van der Waals surface area contributed by atoms with Crippen molar-refractivity contribution in [3.05, 3.63) is 102 Å². The van der Waals surface area contributed by atoms with Crippen LogP contribution in [0.5, 0.6) is 5.75 Å². The molecule has 0 aliphatic rings. The first kappa shape index (κ1) is 18.2. The van der Waals surface area contributed by atoms with E-state index in [4.69, 9.17) is 9.47 Å². The van der Waals surface area contributed by atoms with Gasteiger partial charge >= 0.3 is 0 Å². The molecule has 2 nitrogen and oxygen atoms in total. The van der Waals surface area contributed by atoms with Gasteiger partial charge in [-0.05, 0) is 34.7 Å². The van der Waals surface area contributed by atoms with Gasteiger partial charge in [-0.2, -0.15) is 0 Å². The van der Waals surface area contributed by atoms with E-state index < -0.39 is 5.60 Å². The molecule has 3 aromatic rings. The maximum atomic E-state index is 6.68. The third kappa shape index (κ3) is 3.66. The van der Waals surface area contributed by atoms with Gasteiger partial charge in [0.15, 0.2) is 0 Å². The maximum Gasteiger partial charge on any atom is 0.143 e. The molecule has 0 aliphatic heterocycles. The summed E-state index contributed by atoms with van der Waals surface area (Å²) in [7, 11) is 1.69. The fraction of sp³-hybridized carbons (Fsp3) is 0.250. The van der Waals surface area contributed by atoms with Crippen molar-refractivity contribution >= 4 is 0 Å². The Morgan fingerprint density at radius 2 is 1.15 bits per heavy atom. The van der Waals surface area contributed by atoms with Gasteiger partial charge in [0.05, 0.1) is 13.7 Å². The Balaban J connectivity index is 2.23. The van der Waals surface area contributed by atoms with Crippen molar-refractivity contribution in [1.82, 2.24) is 0 Å². The minimum Gasteiger partial charge on any atom is -0.497 e. The molecular weight excluding hydrogens is 320 g/mol. The quantitative estimate of drug-likeness (QED) is 0.514. The minimum absolute atomic E-state index is 0.431. The number of hydrogen-bond donors (Lipinski definition) is 0. The topological polar surface area (TPSA) is 18.5 Å². The summed E-state index contributed by atoms with van der Waals surface area (Å²) in [5.41, 5.74) is 2.68. The molecule has 0 atom stereocenters. The molecule has 0 amide bonds. The minimum atomic E-state index is -0.654. The van der Waals surface area contributed by atoms with E-state index in [0.29, 0.717) is 12.5 Å². The number of rotatable bonds is 7. The molecule has 0 spiro atoms. The van der Waals surface area contributed by atoms with E-state index in [1.807, 2.05) is 24.3 Å². The van der Waals surface area contributed by atoms with Gasteiger partial charge < -0.3 is 9.47 Å². The normalized spacial score (nSPS) is 11.5. The second-order valence-corrected chi connectivity index (χ2v) is 6.85. The predicted octanol–water partition coefficient (Wildman–Crippen LogP) is 5.66. The zero-order valence-corrected chi connectivity index (χ0v) is 15.7. The van der Waals surface area contributed by atoms with Crippen LogP contribution in [0.1, 0.15) is 30.5 Å². The van der Waals surface area contributed by atoms with E-state index >= 15 is 0 Å². The van der Waals surface area contributed by atoms with E-state index in [2.05, 4.69) is 74.5 Å². The lowest BCUT2D eigenvalue weighted by Crippen LogP contribution is -2.34. The number of benzene rings is 3. The van der Waals surface area contributed by atoms with E-state index in [1.54, 1.807) is 7.11 Å². The number of hydrogen-bond acceptors (Lipinski definition) is 2. The largest absolute Gasteiger partial charge is 0.497 e. The smallest absolute Gasteiger partial charge is 0.143 e. The van der Waals surface area contributed by atoms with Crippen LogP contribution in [0.15, 0.2) is 84.9 Å². The van der Waals surface area contributed by atoms with Crippen LogP contribution >= 0.6 is 0 Å². The standard InChI is InChI=1S/C24H26O2/c1-19(2)18-26-24(20-10-6-4-7-11-20,21-12-8-5-9-13-21)22-14-16-23(25-3)17-15-22/h4-17,19H,18H2,1-3H3. The lowest BCUT2D eigenvalue weighted by atomic mass is 9.80. The molecule has 2 heteroatoms. The van der Waals surface area contributed by atoms with Crippen LogP contribution in [0.3, 0.4) is 0 Å². The van der Waals surface area contributed by atoms with Crippen molar-refractivity contribution < 1.29 is 9.47 Å². The fourth-order valence-corrected chi connectivity index (χ4v) is 3.21. The maximum absolute atomic E-state index is 6.68. The highest BCUT2D eigenvalue weighted by Gasteiger charge is 2.37. The lowest BCUT2D eigenvalue weighted by Gasteiger charge is -2.36. The highest BCUT2D eigenvalue weighted by Crippen LogP contribution is 2.41. The Labute approximate surface area is 156 Å². The van der Waals surface area contributed by atoms with E-state index in [-0.39, 0.29) is 0 Å². The van der Waals surface area contributed by atoms with Crippen LogP contribution in [-0.4, -0.2) is 13.7 Å². The summed E-state index contributed by atoms with van der Waals surface area (Å²) in [6, 6.07) is 29.1. The molecule has 0 aromatic heterocycles. The summed E-state index contributed by atoms with van der Waals surface area (Å²) in [6.07, 6.45) is 0. The Hall–Kier alpha value is -2.58. The van der Waals surface area contributed by atoms with Gasteiger partial charge in [-0.15, -0.1) is 0 Å². The average Bonchev–Trinajstić information content (AvgIpc) is 2.70. The third-order valence-corrected chi connectivity index (χ3v) is 4.49. The van der Waals surface area contributed by atoms with E-state index in [0.717, 1.165) is 22.4 Å². The van der Waals surface area contributed by atoms with Crippen LogP contribution < -0.4 is 4.74 Å². The molecule has 0 saturated heterocycles. The molecular formula is C24H26O2. The second-order valence-electron chi connectivity index (χ2n) is 6.85. The third-order valence-electron chi connectivity index (χ3n) is 4.49. The van der Waals surface area contributed by atoms with Crippen molar-refractivity contribution in [2.24, 2.45) is 5.92 Å². The van der Waals surface area contributed by atoms with Crippen LogP contribution in [0.4, 0.5) is 0 Å². The van der Waals surface area contributed by atoms with E-state index in [9.17, 15) is 0 Å². The molecule has 26 heavy (non-hydrogen) atoms. The van der Waals surface area contributed by atoms with Crippen molar-refractivity contribution in [2.75, 3.05) is 13.7 Å². The predicted molar refractivity (Wildman–Crippen MR) is 107 cm³/mol. The number of ether oxygens (including phenoxy) is 2. The molecule has 0 saturated carbocycles. The monoisotopic (exact) mass is 346 g/mol. The zero-order valence-electron chi connectivity index (χ0n) is 15.7. The fourth-order valence-electron chi connectivity index (χ4n) is 3.21. The first-order valence-corrected chi connectivity index (χ1v) is 9.06. The van der Waals surface area contributed by atoms with E-state index in [1.165, 1.54) is 0 Å². The average molecular weight is 346 g/mol. The van der Waals surface area contributed by atoms with Gasteiger partial charge in [-0.25, -0.2) is 0 Å². The molecule has 0 N–H and O–H groups in total. The molecule has 3 aromatic carbocycles. The first-order valence-electron chi connectivity index (χ1n) is 9.06. The van der Waals surface area contributed by atoms with Crippen LogP contribution in [0.2, 0.25) is 0 Å². The summed E-state index contributed by atoms with van der Waals surface area (Å²) in [4.78, 5) is 0. The summed E-state index contributed by atoms with van der Waals surface area (Å²) >= 11 is 0. The molecule has 0 unspecified atom stereocenters. The highest BCUT2D eigenvalue weighted by molar-refractivity contribution is 5.48. The summed E-state index contributed by atoms with van der Waals surface area (Å²) in [6.45, 7) is 5.01. The van der Waals surface area contributed by atoms with Gasteiger partial charge in [0.1, 0.15) is 11.4 Å². The van der Waals surface area contributed by atoms with Crippen LogP contribution in [0, 0.1) is 5.92 Å². The molecule has 0 radical (unpaired) electrons. The van der Waals surface area contributed by atoms with Crippen molar-refractivity contribution in [3.8, 4) is 5.75 Å². The van der Waals surface area contributed by atoms with Gasteiger partial charge in [-0.3, -0.25) is 0 Å². The van der Waals surface area contributed by atoms with Crippen LogP contribution in [0.25, 0.3) is 0 Å². The van der Waals surface area contributed by atoms with Gasteiger partial charge in [0, 0.05) is 0 Å². The molecule has 134 valence electrons.